The number of amides is 1. The highest BCUT2D eigenvalue weighted by Gasteiger charge is 2.33. The van der Waals surface area contributed by atoms with Crippen molar-refractivity contribution in [1.29, 1.82) is 0 Å². The molecule has 0 aliphatic carbocycles. The maximum Gasteiger partial charge on any atom is 0.417 e. The van der Waals surface area contributed by atoms with Crippen LogP contribution < -0.4 is 10.1 Å². The first kappa shape index (κ1) is 24.0. The molecule has 0 radical (unpaired) electrons. The Balaban J connectivity index is 1.36. The minimum Gasteiger partial charge on any atom is -0.497 e. The molecule has 1 aromatic carbocycles. The number of hydrogen-bond donors (Lipinski definition) is 1. The van der Waals surface area contributed by atoms with Crippen LogP contribution in [0.5, 0.6) is 5.75 Å². The normalized spacial score (nSPS) is 16.0. The van der Waals surface area contributed by atoms with Crippen molar-refractivity contribution in [2.45, 2.75) is 30.5 Å². The van der Waals surface area contributed by atoms with E-state index in [2.05, 4.69) is 15.5 Å². The average molecular weight is 497 g/mol. The van der Waals surface area contributed by atoms with Gasteiger partial charge in [0.25, 0.3) is 0 Å². The molecule has 0 unspecified atom stereocenters. The Hall–Kier alpha value is -3.19. The molecule has 1 fully saturated rings. The number of nitrogens with zero attached hydrogens (tertiary/aromatic N) is 4. The van der Waals surface area contributed by atoms with Gasteiger partial charge in [-0.15, -0.1) is 10.2 Å². The van der Waals surface area contributed by atoms with Crippen LogP contribution in [0.3, 0.4) is 0 Å². The summed E-state index contributed by atoms with van der Waals surface area (Å²) in [5.41, 5.74) is -0.618. The van der Waals surface area contributed by atoms with Gasteiger partial charge in [-0.25, -0.2) is 8.42 Å². The quantitative estimate of drug-likeness (QED) is 0.561. The van der Waals surface area contributed by atoms with Crippen LogP contribution in [-0.2, 0) is 27.5 Å². The second-order valence-electron chi connectivity index (χ2n) is 7.83. The predicted octanol–water partition coefficient (Wildman–Crippen LogP) is 2.47. The lowest BCUT2D eigenvalue weighted by atomic mass is 9.97. The van der Waals surface area contributed by atoms with Crippen molar-refractivity contribution in [3.05, 3.63) is 54.0 Å². The minimum atomic E-state index is -4.51. The van der Waals surface area contributed by atoms with Crippen LogP contribution in [0, 0.1) is 5.92 Å². The molecule has 1 aliphatic heterocycles. The lowest BCUT2D eigenvalue weighted by Gasteiger charge is -2.30. The highest BCUT2D eigenvalue weighted by atomic mass is 32.2. The third-order valence-corrected chi connectivity index (χ3v) is 7.66. The summed E-state index contributed by atoms with van der Waals surface area (Å²) in [7, 11) is -2.20. The van der Waals surface area contributed by atoms with E-state index >= 15 is 0 Å². The third-order valence-electron chi connectivity index (χ3n) is 5.74. The molecule has 1 saturated heterocycles. The third kappa shape index (κ3) is 4.85. The number of rotatable bonds is 6. The highest BCUT2D eigenvalue weighted by molar-refractivity contribution is 7.89. The molecular weight excluding hydrogens is 475 g/mol. The van der Waals surface area contributed by atoms with Gasteiger partial charge >= 0.3 is 6.18 Å². The van der Waals surface area contributed by atoms with Crippen LogP contribution in [0.4, 0.5) is 13.2 Å². The molecule has 1 amide bonds. The predicted molar refractivity (Wildman–Crippen MR) is 114 cm³/mol. The summed E-state index contributed by atoms with van der Waals surface area (Å²) in [5, 5.41) is 10.4. The SMILES string of the molecule is COc1ccc(S(=O)(=O)N2CCC(C(=O)NCc3nnc4ccc(C(F)(F)F)cn34)CC2)cc1. The fourth-order valence-corrected chi connectivity index (χ4v) is 5.26. The zero-order valence-corrected chi connectivity index (χ0v) is 18.9. The van der Waals surface area contributed by atoms with Gasteiger partial charge in [-0.2, -0.15) is 17.5 Å². The Kier molecular flexibility index (Phi) is 6.49. The number of fused-ring (bicyclic) bond motifs is 1. The van der Waals surface area contributed by atoms with Crippen molar-refractivity contribution in [2.75, 3.05) is 20.2 Å². The molecule has 1 aliphatic rings. The monoisotopic (exact) mass is 497 g/mol. The van der Waals surface area contributed by atoms with E-state index in [1.165, 1.54) is 34.0 Å². The van der Waals surface area contributed by atoms with Gasteiger partial charge in [0.2, 0.25) is 15.9 Å². The number of piperidine rings is 1. The maximum absolute atomic E-state index is 13.0. The molecule has 0 bridgehead atoms. The van der Waals surface area contributed by atoms with Crippen LogP contribution >= 0.6 is 0 Å². The summed E-state index contributed by atoms with van der Waals surface area (Å²) < 4.78 is 72.3. The summed E-state index contributed by atoms with van der Waals surface area (Å²) >= 11 is 0. The van der Waals surface area contributed by atoms with Gasteiger partial charge in [-0.3, -0.25) is 9.20 Å². The van der Waals surface area contributed by atoms with Crippen molar-refractivity contribution in [2.24, 2.45) is 5.92 Å². The first-order valence-corrected chi connectivity index (χ1v) is 11.9. The van der Waals surface area contributed by atoms with Gasteiger partial charge in [0.05, 0.1) is 24.1 Å². The number of methoxy groups -OCH3 is 1. The molecule has 9 nitrogen and oxygen atoms in total. The van der Waals surface area contributed by atoms with Crippen LogP contribution in [-0.4, -0.2) is 53.4 Å². The molecule has 3 heterocycles. The average Bonchev–Trinajstić information content (AvgIpc) is 3.24. The molecule has 0 spiro atoms. The van der Waals surface area contributed by atoms with Crippen molar-refractivity contribution < 1.29 is 31.1 Å². The van der Waals surface area contributed by atoms with E-state index in [9.17, 15) is 26.4 Å². The van der Waals surface area contributed by atoms with Gasteiger partial charge in [-0.05, 0) is 49.2 Å². The number of carbonyl (C=O) groups is 1. The number of nitrogens with one attached hydrogen (secondary N) is 1. The summed E-state index contributed by atoms with van der Waals surface area (Å²) in [5.74, 6) is -0.0316. The molecule has 3 aromatic rings. The van der Waals surface area contributed by atoms with E-state index in [4.69, 9.17) is 4.74 Å². The molecule has 0 atom stereocenters. The number of pyridine rings is 1. The Labute approximate surface area is 193 Å². The number of sulfonamides is 1. The van der Waals surface area contributed by atoms with Gasteiger partial charge in [0, 0.05) is 25.2 Å². The van der Waals surface area contributed by atoms with Gasteiger partial charge < -0.3 is 10.1 Å². The van der Waals surface area contributed by atoms with E-state index in [1.54, 1.807) is 12.1 Å². The second-order valence-corrected chi connectivity index (χ2v) is 9.77. The molecule has 4 rings (SSSR count). The maximum atomic E-state index is 13.0. The van der Waals surface area contributed by atoms with Crippen LogP contribution in [0.15, 0.2) is 47.5 Å². The molecule has 182 valence electrons. The van der Waals surface area contributed by atoms with Gasteiger partial charge in [-0.1, -0.05) is 0 Å². The molecule has 13 heteroatoms. The van der Waals surface area contributed by atoms with Gasteiger partial charge in [0.15, 0.2) is 11.5 Å². The first-order valence-electron chi connectivity index (χ1n) is 10.4. The molecule has 1 N–H and O–H groups in total. The molecular formula is C21H22F3N5O4S. The fourth-order valence-electron chi connectivity index (χ4n) is 3.79. The number of carbonyl (C=O) groups excluding carboxylic acids is 1. The van der Waals surface area contributed by atoms with Crippen molar-refractivity contribution >= 4 is 21.6 Å². The van der Waals surface area contributed by atoms with Crippen LogP contribution in [0.2, 0.25) is 0 Å². The summed E-state index contributed by atoms with van der Waals surface area (Å²) in [6.07, 6.45) is -2.99. The Morgan fingerprint density at radius 3 is 2.41 bits per heavy atom. The first-order chi connectivity index (χ1) is 16.1. The van der Waals surface area contributed by atoms with E-state index in [1.807, 2.05) is 0 Å². The van der Waals surface area contributed by atoms with E-state index in [-0.39, 0.29) is 41.9 Å². The fraction of sp³-hybridized carbons (Fsp3) is 0.381. The lowest BCUT2D eigenvalue weighted by molar-refractivity contribution is -0.138. The standard InChI is InChI=1S/C21H22F3N5O4S/c1-33-16-3-5-17(6-4-16)34(31,32)28-10-8-14(9-11-28)20(30)25-12-19-27-26-18-7-2-15(13-29(18)19)21(22,23)24/h2-7,13-14H,8-12H2,1H3,(H,25,30). The number of halogens is 3. The smallest absolute Gasteiger partial charge is 0.417 e. The van der Waals surface area contributed by atoms with E-state index < -0.39 is 27.7 Å². The zero-order chi connectivity index (χ0) is 24.5. The molecule has 2 aromatic heterocycles. The summed E-state index contributed by atoms with van der Waals surface area (Å²) in [6, 6.07) is 8.21. The Morgan fingerprint density at radius 2 is 1.79 bits per heavy atom. The minimum absolute atomic E-state index is 0.105. The largest absolute Gasteiger partial charge is 0.497 e. The van der Waals surface area contributed by atoms with Crippen molar-refractivity contribution in [1.82, 2.24) is 24.2 Å². The second kappa shape index (κ2) is 9.22. The summed E-state index contributed by atoms with van der Waals surface area (Å²) in [6.45, 7) is 0.246. The van der Waals surface area contributed by atoms with E-state index in [0.717, 1.165) is 12.3 Å². The van der Waals surface area contributed by atoms with Crippen LogP contribution in [0.25, 0.3) is 5.65 Å². The molecule has 34 heavy (non-hydrogen) atoms. The van der Waals surface area contributed by atoms with Crippen LogP contribution in [0.1, 0.15) is 24.2 Å². The topological polar surface area (TPSA) is 106 Å². The Morgan fingerprint density at radius 1 is 1.12 bits per heavy atom. The number of hydrogen-bond acceptors (Lipinski definition) is 6. The zero-order valence-electron chi connectivity index (χ0n) is 18.1. The number of alkyl halides is 3. The molecule has 0 saturated carbocycles. The van der Waals surface area contributed by atoms with Gasteiger partial charge in [0.1, 0.15) is 5.75 Å². The highest BCUT2D eigenvalue weighted by Crippen LogP contribution is 2.29. The van der Waals surface area contributed by atoms with Crippen molar-refractivity contribution in [3.8, 4) is 5.75 Å². The number of benzene rings is 1. The van der Waals surface area contributed by atoms with E-state index in [0.29, 0.717) is 18.6 Å². The number of ether oxygens (including phenoxy) is 1. The van der Waals surface area contributed by atoms with Crippen molar-refractivity contribution in [3.63, 3.8) is 0 Å². The summed E-state index contributed by atoms with van der Waals surface area (Å²) in [4.78, 5) is 12.8. The Bertz CT molecular complexity index is 1280. The number of aromatic nitrogens is 3. The lowest BCUT2D eigenvalue weighted by Crippen LogP contribution is -2.42.